The molecule has 0 radical (unpaired) electrons. The highest BCUT2D eigenvalue weighted by atomic mass is 127. The number of hydrogen-bond donors (Lipinski definition) is 0. The molecule has 0 N–H and O–H groups in total. The van der Waals surface area contributed by atoms with Crippen molar-refractivity contribution in [3.63, 3.8) is 0 Å². The second-order valence-corrected chi connectivity index (χ2v) is 40.4. The van der Waals surface area contributed by atoms with Gasteiger partial charge in [0.25, 0.3) is 0 Å². The molecular formula is C3H6I2P4S4. The molecule has 0 nitrogen and oxygen atoms in total. The molecule has 10 heteroatoms. The molecule has 5 unspecified atom stereocenters. The van der Waals surface area contributed by atoms with Crippen molar-refractivity contribution in [2.24, 2.45) is 0 Å². The van der Waals surface area contributed by atoms with Gasteiger partial charge in [-0.3, -0.25) is 0 Å². The van der Waals surface area contributed by atoms with Crippen LogP contribution in [0.3, 0.4) is 0 Å². The summed E-state index contributed by atoms with van der Waals surface area (Å²) in [6.45, 7) is 2.39. The van der Waals surface area contributed by atoms with E-state index in [9.17, 15) is 0 Å². The van der Waals surface area contributed by atoms with E-state index in [1.165, 1.54) is 4.43 Å². The molecule has 0 saturated carbocycles. The maximum Gasteiger partial charge on any atom is 0.0622 e. The molecule has 76 valence electrons. The van der Waals surface area contributed by atoms with Crippen molar-refractivity contribution in [1.82, 2.24) is 0 Å². The van der Waals surface area contributed by atoms with Crippen LogP contribution in [0.1, 0.15) is 6.92 Å². The normalized spacial score (nSPS) is 19.6. The lowest BCUT2D eigenvalue weighted by Gasteiger charge is -2.04. The maximum atomic E-state index is 2.71. The first-order valence-corrected chi connectivity index (χ1v) is 22.0. The third kappa shape index (κ3) is 3.33. The van der Waals surface area contributed by atoms with Crippen LogP contribution in [-0.4, -0.2) is 9.68 Å². The van der Waals surface area contributed by atoms with Gasteiger partial charge in [-0.15, -0.1) is 0 Å². The molecule has 5 atom stereocenters. The minimum atomic E-state index is 0.329. The Morgan fingerprint density at radius 2 is 2.08 bits per heavy atom. The summed E-state index contributed by atoms with van der Waals surface area (Å²) in [5.41, 5.74) is 0.329. The maximum absolute atomic E-state index is 2.71. The van der Waals surface area contributed by atoms with Crippen LogP contribution < -0.4 is 0 Å². The molecule has 2 heterocycles. The van der Waals surface area contributed by atoms with Crippen molar-refractivity contribution < 1.29 is 0 Å². The molecule has 2 aromatic heterocycles. The van der Waals surface area contributed by atoms with E-state index in [1.807, 2.05) is 0 Å². The molecule has 0 fully saturated rings. The zero-order valence-corrected chi connectivity index (χ0v) is 17.6. The van der Waals surface area contributed by atoms with Gasteiger partial charge < -0.3 is 0 Å². The van der Waals surface area contributed by atoms with E-state index < -0.39 is 0 Å². The predicted octanol–water partition coefficient (Wildman–Crippen LogP) is 8.21. The highest BCUT2D eigenvalue weighted by Crippen LogP contribution is 2.85. The first-order valence-electron chi connectivity index (χ1n) is 3.34. The molecule has 2 bridgehead atoms. The van der Waals surface area contributed by atoms with E-state index in [4.69, 9.17) is 0 Å². The van der Waals surface area contributed by atoms with E-state index in [2.05, 4.69) is 94.6 Å². The van der Waals surface area contributed by atoms with E-state index in [1.54, 1.807) is 0 Å². The first kappa shape index (κ1) is 13.1. The topological polar surface area (TPSA) is 0 Å². The molecule has 0 aromatic carbocycles. The van der Waals surface area contributed by atoms with Crippen LogP contribution in [0.5, 0.6) is 0 Å². The van der Waals surface area contributed by atoms with E-state index in [-0.39, 0.29) is 0 Å². The van der Waals surface area contributed by atoms with E-state index in [0.717, 1.165) is 5.25 Å². The standard InChI is InChI=1S/C3H6I2P4S4/c1-3(2-4)10-8-9-11-6(5)7(12-8)13-9/h3H,2H2,1H3. The van der Waals surface area contributed by atoms with Gasteiger partial charge in [-0.05, 0) is 22.0 Å². The van der Waals surface area contributed by atoms with Crippen molar-refractivity contribution in [3.05, 3.63) is 0 Å². The fraction of sp³-hybridized carbons (Fsp3) is 1.00. The van der Waals surface area contributed by atoms with Crippen LogP contribution in [0.25, 0.3) is 0 Å². The summed E-state index contributed by atoms with van der Waals surface area (Å²) in [5, 5.41) is 1.63. The summed E-state index contributed by atoms with van der Waals surface area (Å²) < 4.78 is 1.69. The minimum absolute atomic E-state index is 0.329. The van der Waals surface area contributed by atoms with Crippen molar-refractivity contribution >= 4 is 108 Å². The minimum Gasteiger partial charge on any atom is -0.0869 e. The predicted molar refractivity (Wildman–Crippen MR) is 97.7 cm³/mol. The van der Waals surface area contributed by atoms with Gasteiger partial charge in [0, 0.05) is 19.3 Å². The lowest BCUT2D eigenvalue weighted by molar-refractivity contribution is 1.16. The molecular weight excluding hydrogens is 542 g/mol. The zero-order chi connectivity index (χ0) is 9.42. The van der Waals surface area contributed by atoms with Crippen LogP contribution in [0.4, 0.5) is 0 Å². The molecule has 0 aliphatic carbocycles. The molecule has 0 saturated heterocycles. The van der Waals surface area contributed by atoms with Gasteiger partial charge in [-0.25, -0.2) is 0 Å². The molecule has 0 spiro atoms. The highest BCUT2D eigenvalue weighted by molar-refractivity contribution is 14.2. The SMILES string of the molecule is CC(CI)Sp1sp2sp1sp2I. The Morgan fingerprint density at radius 1 is 1.31 bits per heavy atom. The fourth-order valence-corrected chi connectivity index (χ4v) is 120. The summed E-state index contributed by atoms with van der Waals surface area (Å²) in [6, 6.07) is 0. The number of alkyl halides is 1. The summed E-state index contributed by atoms with van der Waals surface area (Å²) >= 11 is 7.53. The summed E-state index contributed by atoms with van der Waals surface area (Å²) in [7, 11) is 7.14. The molecule has 2 aromatic rings. The zero-order valence-electron chi connectivity index (χ0n) is 6.46. The number of fused-ring (bicyclic) bond motifs is 2. The molecule has 0 aliphatic heterocycles. The van der Waals surface area contributed by atoms with Crippen LogP contribution in [0.2, 0.25) is 0 Å². The van der Waals surface area contributed by atoms with Gasteiger partial charge in [0.05, 0.1) is 10.7 Å². The number of rotatable bonds is 3. The van der Waals surface area contributed by atoms with Crippen molar-refractivity contribution in [1.29, 1.82) is 0 Å². The molecule has 0 aliphatic rings. The highest BCUT2D eigenvalue weighted by Gasteiger charge is 2.13. The molecule has 0 amide bonds. The monoisotopic (exact) mass is 548 g/mol. The lowest BCUT2D eigenvalue weighted by atomic mass is 10.6. The molecule has 13 heavy (non-hydrogen) atoms. The Morgan fingerprint density at radius 3 is 2.54 bits per heavy atom. The fourth-order valence-electron chi connectivity index (χ4n) is 0.623. The van der Waals surface area contributed by atoms with Crippen LogP contribution in [-0.2, 0) is 0 Å². The van der Waals surface area contributed by atoms with E-state index in [0.29, 0.717) is 20.4 Å². The van der Waals surface area contributed by atoms with Gasteiger partial charge in [0.15, 0.2) is 0 Å². The first-order chi connectivity index (χ1) is 6.20. The Kier molecular flexibility index (Phi) is 6.07. The van der Waals surface area contributed by atoms with Gasteiger partial charge in [0.1, 0.15) is 0 Å². The summed E-state index contributed by atoms with van der Waals surface area (Å²) in [4.78, 5) is 0. The third-order valence-electron chi connectivity index (χ3n) is 1.17. The second kappa shape index (κ2) is 6.02. The third-order valence-corrected chi connectivity index (χ3v) is 70.6. The van der Waals surface area contributed by atoms with Gasteiger partial charge >= 0.3 is 0 Å². The summed E-state index contributed by atoms with van der Waals surface area (Å²) in [5.74, 6) is 0. The van der Waals surface area contributed by atoms with E-state index >= 15 is 0 Å². The van der Waals surface area contributed by atoms with Gasteiger partial charge in [0.2, 0.25) is 0 Å². The quantitative estimate of drug-likeness (QED) is 0.276. The lowest BCUT2D eigenvalue weighted by Crippen LogP contribution is -1.91. The Balaban J connectivity index is 2.23. The number of hydrogen-bond acceptors (Lipinski definition) is 4. The van der Waals surface area contributed by atoms with Crippen LogP contribution in [0, 0.1) is 0 Å². The van der Waals surface area contributed by atoms with Crippen LogP contribution in [0.15, 0.2) is 0 Å². The summed E-state index contributed by atoms with van der Waals surface area (Å²) in [6.07, 6.45) is 0. The average Bonchev–Trinajstić information content (AvgIpc) is 2.63. The number of halogens is 2. The van der Waals surface area contributed by atoms with Gasteiger partial charge in [-0.2, -0.15) is 0 Å². The largest absolute Gasteiger partial charge is 0.0869 e. The molecule has 2 rings (SSSR count). The Bertz CT molecular complexity index is 406. The Hall–Kier alpha value is 3.67. The second-order valence-electron chi connectivity index (χ2n) is 2.26. The van der Waals surface area contributed by atoms with Crippen LogP contribution >= 0.6 is 108 Å². The van der Waals surface area contributed by atoms with Crippen molar-refractivity contribution in [2.45, 2.75) is 12.2 Å². The van der Waals surface area contributed by atoms with Crippen molar-refractivity contribution in [3.8, 4) is 0 Å². The van der Waals surface area contributed by atoms with Gasteiger partial charge in [-0.1, -0.05) is 72.5 Å². The smallest absolute Gasteiger partial charge is 0.0622 e. The average molecular weight is 548 g/mol. The van der Waals surface area contributed by atoms with Crippen molar-refractivity contribution in [2.75, 3.05) is 4.43 Å². The Labute approximate surface area is 122 Å².